The van der Waals surface area contributed by atoms with Gasteiger partial charge >= 0.3 is 11.9 Å². The van der Waals surface area contributed by atoms with Gasteiger partial charge in [-0.25, -0.2) is 9.59 Å². The van der Waals surface area contributed by atoms with Gasteiger partial charge in [0.1, 0.15) is 5.75 Å². The number of aromatic hydroxyl groups is 1. The van der Waals surface area contributed by atoms with Crippen LogP contribution in [-0.4, -0.2) is 37.0 Å². The summed E-state index contributed by atoms with van der Waals surface area (Å²) in [5.74, 6) is -0.704. The van der Waals surface area contributed by atoms with Crippen LogP contribution in [0.4, 0.5) is 0 Å². The van der Waals surface area contributed by atoms with Crippen LogP contribution in [0.3, 0.4) is 0 Å². The number of hydrogen-bond donors (Lipinski definition) is 1. The molecule has 5 aromatic carbocycles. The Kier molecular flexibility index (Phi) is 25.4. The normalized spacial score (nSPS) is 9.49. The molecule has 0 fully saturated rings. The molecule has 1 N–H and O–H groups in total. The Morgan fingerprint density at radius 2 is 0.945 bits per heavy atom. The van der Waals surface area contributed by atoms with Crippen molar-refractivity contribution in [1.82, 2.24) is 0 Å². The summed E-state index contributed by atoms with van der Waals surface area (Å²) >= 11 is 0. The maximum Gasteiger partial charge on any atom is 0.334 e. The van der Waals surface area contributed by atoms with E-state index < -0.39 is 0 Å². The van der Waals surface area contributed by atoms with Crippen LogP contribution >= 0.6 is 0 Å². The second-order valence-corrected chi connectivity index (χ2v) is 11.2. The van der Waals surface area contributed by atoms with E-state index in [4.69, 9.17) is 4.74 Å². The van der Waals surface area contributed by atoms with Crippen LogP contribution < -0.4 is 0 Å². The summed E-state index contributed by atoms with van der Waals surface area (Å²) in [4.78, 5) is 35.0. The Hall–Kier alpha value is -6.01. The second kappa shape index (κ2) is 28.5. The van der Waals surface area contributed by atoms with Gasteiger partial charge in [0.2, 0.25) is 0 Å². The molecule has 0 amide bonds. The van der Waals surface area contributed by atoms with E-state index in [0.717, 1.165) is 33.4 Å². The van der Waals surface area contributed by atoms with E-state index in [2.05, 4.69) is 4.74 Å². The van der Waals surface area contributed by atoms with Gasteiger partial charge in [-0.3, -0.25) is 4.79 Å². The number of methoxy groups -OCH3 is 2. The first-order chi connectivity index (χ1) is 26.5. The minimum atomic E-state index is -0.303. The zero-order valence-corrected chi connectivity index (χ0v) is 34.8. The number of rotatable bonds is 7. The molecular weight excluding hydrogens is 685 g/mol. The van der Waals surface area contributed by atoms with Crippen LogP contribution in [0.25, 0.3) is 11.6 Å². The molecule has 55 heavy (non-hydrogen) atoms. The molecule has 0 aliphatic rings. The smallest absolute Gasteiger partial charge is 0.334 e. The topological polar surface area (TPSA) is 89.9 Å². The van der Waals surface area contributed by atoms with Crippen LogP contribution in [0, 0.1) is 13.8 Å². The van der Waals surface area contributed by atoms with E-state index >= 15 is 0 Å². The van der Waals surface area contributed by atoms with E-state index in [1.165, 1.54) is 14.2 Å². The van der Waals surface area contributed by atoms with E-state index in [1.54, 1.807) is 44.2 Å². The molecule has 0 radical (unpaired) electrons. The minimum absolute atomic E-state index is 0.0376. The fourth-order valence-electron chi connectivity index (χ4n) is 4.78. The Labute approximate surface area is 330 Å². The van der Waals surface area contributed by atoms with Gasteiger partial charge in [-0.1, -0.05) is 168 Å². The third kappa shape index (κ3) is 17.1. The van der Waals surface area contributed by atoms with E-state index in [9.17, 15) is 19.5 Å². The standard InChI is InChI=1S/C17H16O2.C15H14O2.C11H12O2.3C2H6/c1-13(17(18)19-2)16(14-9-5-3-6-10-14)15-11-7-4-8-12-15;1-10-3-6-12(7-4-10)15(17)13-8-5-11(2)9-14(13)16;1-9(11(12)13-2)8-10-6-4-3-5-7-10;3*1-2/h3-12H,1-2H3;3-9,16H,1-2H3;3-8H,1-2H3;3*1-2H3/b;;9-8+;;;. The van der Waals surface area contributed by atoms with Gasteiger partial charge in [0.05, 0.1) is 19.8 Å². The number of ketones is 1. The number of aryl methyl sites for hydroxylation is 2. The molecule has 6 nitrogen and oxygen atoms in total. The second-order valence-electron chi connectivity index (χ2n) is 11.2. The van der Waals surface area contributed by atoms with Gasteiger partial charge in [-0.15, -0.1) is 0 Å². The summed E-state index contributed by atoms with van der Waals surface area (Å²) in [7, 11) is 2.78. The maximum atomic E-state index is 12.1. The largest absolute Gasteiger partial charge is 0.507 e. The highest BCUT2D eigenvalue weighted by atomic mass is 16.5. The van der Waals surface area contributed by atoms with Gasteiger partial charge < -0.3 is 14.6 Å². The first-order valence-electron chi connectivity index (χ1n) is 18.7. The highest BCUT2D eigenvalue weighted by Crippen LogP contribution is 2.27. The van der Waals surface area contributed by atoms with Gasteiger partial charge in [-0.05, 0) is 73.7 Å². The van der Waals surface area contributed by atoms with E-state index in [-0.39, 0.29) is 23.5 Å². The zero-order chi connectivity index (χ0) is 41.8. The van der Waals surface area contributed by atoms with Crippen molar-refractivity contribution >= 4 is 29.4 Å². The highest BCUT2D eigenvalue weighted by Gasteiger charge is 2.15. The van der Waals surface area contributed by atoms with Crippen molar-refractivity contribution in [2.24, 2.45) is 0 Å². The summed E-state index contributed by atoms with van der Waals surface area (Å²) < 4.78 is 9.42. The molecule has 0 heterocycles. The summed E-state index contributed by atoms with van der Waals surface area (Å²) in [6, 6.07) is 41.8. The molecule has 292 valence electrons. The van der Waals surface area contributed by atoms with Crippen molar-refractivity contribution in [3.63, 3.8) is 0 Å². The van der Waals surface area contributed by atoms with Crippen LogP contribution in [-0.2, 0) is 19.1 Å². The number of hydrogen-bond acceptors (Lipinski definition) is 6. The average molecular weight is 745 g/mol. The molecule has 5 aromatic rings. The third-order valence-electron chi connectivity index (χ3n) is 7.39. The SMILES string of the molecule is CC.CC.CC.COC(=O)/C(C)=C/c1ccccc1.COC(=O)C(C)=C(c1ccccc1)c1ccccc1.Cc1ccc(C(=O)c2ccc(C)cc2O)cc1. The fraction of sp³-hybridized carbons (Fsp3) is 0.245. The van der Waals surface area contributed by atoms with Crippen LogP contribution in [0.1, 0.15) is 99.1 Å². The molecule has 0 unspecified atom stereocenters. The first-order valence-corrected chi connectivity index (χ1v) is 18.7. The van der Waals surface area contributed by atoms with Crippen molar-refractivity contribution in [2.75, 3.05) is 14.2 Å². The Morgan fingerprint density at radius 3 is 1.36 bits per heavy atom. The molecule has 0 aliphatic carbocycles. The summed E-state index contributed by atoms with van der Waals surface area (Å²) in [5, 5.41) is 9.76. The van der Waals surface area contributed by atoms with Crippen molar-refractivity contribution in [2.45, 2.75) is 69.2 Å². The number of carbonyl (C=O) groups excluding carboxylic acids is 3. The number of phenols is 1. The van der Waals surface area contributed by atoms with Crippen LogP contribution in [0.5, 0.6) is 5.75 Å². The predicted octanol–water partition coefficient (Wildman–Crippen LogP) is 12.3. The summed E-state index contributed by atoms with van der Waals surface area (Å²) in [6.07, 6.45) is 1.80. The van der Waals surface area contributed by atoms with Gasteiger partial charge in [0.25, 0.3) is 0 Å². The highest BCUT2D eigenvalue weighted by molar-refractivity contribution is 6.10. The molecule has 5 rings (SSSR count). The lowest BCUT2D eigenvalue weighted by atomic mass is 9.94. The third-order valence-corrected chi connectivity index (χ3v) is 7.39. The Balaban J connectivity index is 0.000000753. The Morgan fingerprint density at radius 1 is 0.527 bits per heavy atom. The van der Waals surface area contributed by atoms with E-state index in [0.29, 0.717) is 22.3 Å². The maximum absolute atomic E-state index is 12.1. The quantitative estimate of drug-likeness (QED) is 0.101. The molecule has 0 aromatic heterocycles. The van der Waals surface area contributed by atoms with Crippen LogP contribution in [0.15, 0.2) is 145 Å². The molecule has 0 atom stereocenters. The number of carbonyl (C=O) groups is 3. The first kappa shape index (κ1) is 49.0. The number of ether oxygens (including phenoxy) is 2. The lowest BCUT2D eigenvalue weighted by Crippen LogP contribution is -2.05. The van der Waals surface area contributed by atoms with Gasteiger partial charge in [-0.2, -0.15) is 0 Å². The minimum Gasteiger partial charge on any atom is -0.507 e. The van der Waals surface area contributed by atoms with Crippen LogP contribution in [0.2, 0.25) is 0 Å². The zero-order valence-electron chi connectivity index (χ0n) is 34.8. The molecule has 0 spiro atoms. The van der Waals surface area contributed by atoms with Crippen molar-refractivity contribution in [3.8, 4) is 5.75 Å². The Bertz CT molecular complexity index is 1850. The summed E-state index contributed by atoms with van der Waals surface area (Å²) in [6.45, 7) is 19.4. The fourth-order valence-corrected chi connectivity index (χ4v) is 4.78. The number of benzene rings is 5. The molecule has 0 aliphatic heterocycles. The van der Waals surface area contributed by atoms with E-state index in [1.807, 2.05) is 165 Å². The van der Waals surface area contributed by atoms with Crippen molar-refractivity contribution < 1.29 is 29.0 Å². The average Bonchev–Trinajstić information content (AvgIpc) is 3.24. The molecule has 6 heteroatoms. The van der Waals surface area contributed by atoms with Crippen molar-refractivity contribution in [3.05, 3.63) is 184 Å². The molecular formula is C49H60O6. The lowest BCUT2D eigenvalue weighted by molar-refractivity contribution is -0.136. The molecule has 0 saturated carbocycles. The van der Waals surface area contributed by atoms with Gasteiger partial charge in [0.15, 0.2) is 5.78 Å². The molecule has 0 saturated heterocycles. The monoisotopic (exact) mass is 744 g/mol. The number of phenolic OH excluding ortho intramolecular Hbond substituents is 1. The van der Waals surface area contributed by atoms with Gasteiger partial charge in [0, 0.05) is 16.7 Å². The van der Waals surface area contributed by atoms with Crippen molar-refractivity contribution in [1.29, 1.82) is 0 Å². The lowest BCUT2D eigenvalue weighted by Gasteiger charge is -2.12. The predicted molar refractivity (Wildman–Crippen MR) is 230 cm³/mol. The molecule has 0 bridgehead atoms. The number of esters is 2. The summed E-state index contributed by atoms with van der Waals surface area (Å²) in [5.41, 5.74) is 8.13.